The van der Waals surface area contributed by atoms with Crippen molar-refractivity contribution in [3.63, 3.8) is 0 Å². The number of unbranched alkanes of at least 4 members (excludes halogenated alkanes) is 1. The molecule has 1 aromatic carbocycles. The molecule has 0 amide bonds. The number of ketones is 1. The van der Waals surface area contributed by atoms with Crippen molar-refractivity contribution in [1.29, 1.82) is 0 Å². The number of rotatable bonds is 9. The zero-order valence-corrected chi connectivity index (χ0v) is 10.4. The van der Waals surface area contributed by atoms with Crippen molar-refractivity contribution in [3.8, 4) is 0 Å². The Hall–Kier alpha value is -1.19. The summed E-state index contributed by atoms with van der Waals surface area (Å²) in [5.74, 6) is 0.141. The number of benzene rings is 1. The molecule has 1 rings (SSSR count). The molecule has 0 fully saturated rings. The number of carbonyl (C=O) groups is 1. The van der Waals surface area contributed by atoms with Gasteiger partial charge in [-0.3, -0.25) is 4.79 Å². The van der Waals surface area contributed by atoms with Gasteiger partial charge in [0, 0.05) is 32.3 Å². The third-order valence-corrected chi connectivity index (χ3v) is 2.46. The van der Waals surface area contributed by atoms with Crippen LogP contribution in [0.1, 0.15) is 29.6 Å². The maximum absolute atomic E-state index is 11.7. The smallest absolute Gasteiger partial charge is 0.165 e. The zero-order chi connectivity index (χ0) is 12.3. The fraction of sp³-hybridized carbons (Fsp3) is 0.500. The number of carbonyl (C=O) groups excluding carboxylic acids is 1. The van der Waals surface area contributed by atoms with Gasteiger partial charge in [-0.15, -0.1) is 0 Å². The Morgan fingerprint density at radius 2 is 1.76 bits per heavy atom. The highest BCUT2D eigenvalue weighted by Crippen LogP contribution is 2.03. The lowest BCUT2D eigenvalue weighted by molar-refractivity contribution is 0.0858. The van der Waals surface area contributed by atoms with E-state index < -0.39 is 0 Å². The second-order valence-corrected chi connectivity index (χ2v) is 3.85. The Morgan fingerprint density at radius 1 is 1.06 bits per heavy atom. The molecule has 3 heteroatoms. The van der Waals surface area contributed by atoms with Crippen LogP contribution in [0.4, 0.5) is 0 Å². The highest BCUT2D eigenvalue weighted by atomic mass is 16.5. The van der Waals surface area contributed by atoms with E-state index in [-0.39, 0.29) is 5.78 Å². The highest BCUT2D eigenvalue weighted by Gasteiger charge is 2.03. The van der Waals surface area contributed by atoms with Crippen molar-refractivity contribution in [3.05, 3.63) is 35.9 Å². The van der Waals surface area contributed by atoms with Crippen LogP contribution in [0.5, 0.6) is 0 Å². The minimum Gasteiger partial charge on any atom is -0.385 e. The number of Topliss-reactive ketones (excluding diaryl/α,β-unsaturated/α-hetero) is 1. The number of hydrogen-bond acceptors (Lipinski definition) is 3. The summed E-state index contributed by atoms with van der Waals surface area (Å²) in [6, 6.07) is 9.32. The molecule has 0 bridgehead atoms. The molecule has 0 radical (unpaired) electrons. The van der Waals surface area contributed by atoms with E-state index in [4.69, 9.17) is 9.47 Å². The topological polar surface area (TPSA) is 35.5 Å². The van der Waals surface area contributed by atoms with Gasteiger partial charge < -0.3 is 9.47 Å². The fourth-order valence-electron chi connectivity index (χ4n) is 1.49. The minimum atomic E-state index is 0.141. The van der Waals surface area contributed by atoms with Gasteiger partial charge >= 0.3 is 0 Å². The molecule has 0 unspecified atom stereocenters. The first-order chi connectivity index (χ1) is 8.34. The van der Waals surface area contributed by atoms with Crippen LogP contribution in [0.15, 0.2) is 30.3 Å². The Kier molecular flexibility index (Phi) is 7.27. The van der Waals surface area contributed by atoms with Crippen molar-refractivity contribution in [2.75, 3.05) is 26.9 Å². The second-order valence-electron chi connectivity index (χ2n) is 3.85. The molecule has 0 aliphatic heterocycles. The Morgan fingerprint density at radius 3 is 2.47 bits per heavy atom. The van der Waals surface area contributed by atoms with Crippen LogP contribution in [-0.4, -0.2) is 32.7 Å². The van der Waals surface area contributed by atoms with E-state index >= 15 is 0 Å². The van der Waals surface area contributed by atoms with Gasteiger partial charge in [0.2, 0.25) is 0 Å². The third kappa shape index (κ3) is 6.19. The summed E-state index contributed by atoms with van der Waals surface area (Å²) >= 11 is 0. The fourth-order valence-corrected chi connectivity index (χ4v) is 1.49. The van der Waals surface area contributed by atoms with Crippen LogP contribution in [0, 0.1) is 0 Å². The molecule has 0 atom stereocenters. The van der Waals surface area contributed by atoms with Crippen molar-refractivity contribution in [2.45, 2.75) is 19.3 Å². The van der Waals surface area contributed by atoms with Gasteiger partial charge in [0.1, 0.15) is 0 Å². The average Bonchev–Trinajstić information content (AvgIpc) is 2.38. The number of methoxy groups -OCH3 is 1. The quantitative estimate of drug-likeness (QED) is 0.488. The van der Waals surface area contributed by atoms with Gasteiger partial charge in [-0.2, -0.15) is 0 Å². The van der Waals surface area contributed by atoms with Crippen LogP contribution < -0.4 is 0 Å². The van der Waals surface area contributed by atoms with E-state index in [1.54, 1.807) is 7.11 Å². The van der Waals surface area contributed by atoms with E-state index in [9.17, 15) is 4.79 Å². The van der Waals surface area contributed by atoms with E-state index in [1.165, 1.54) is 0 Å². The van der Waals surface area contributed by atoms with Gasteiger partial charge in [0.05, 0.1) is 6.61 Å². The molecular weight excluding hydrogens is 216 g/mol. The number of ether oxygens (including phenoxy) is 2. The molecule has 94 valence electrons. The normalized spacial score (nSPS) is 10.4. The first kappa shape index (κ1) is 13.9. The Balaban J connectivity index is 2.05. The Labute approximate surface area is 103 Å². The molecular formula is C14H20O3. The van der Waals surface area contributed by atoms with E-state index in [0.717, 1.165) is 25.0 Å². The van der Waals surface area contributed by atoms with Crippen molar-refractivity contribution < 1.29 is 14.3 Å². The van der Waals surface area contributed by atoms with Gasteiger partial charge in [-0.1, -0.05) is 30.3 Å². The molecule has 1 aromatic rings. The van der Waals surface area contributed by atoms with Crippen LogP contribution in [0.2, 0.25) is 0 Å². The highest BCUT2D eigenvalue weighted by molar-refractivity contribution is 5.96. The van der Waals surface area contributed by atoms with E-state index in [2.05, 4.69) is 0 Å². The molecule has 0 aliphatic rings. The van der Waals surface area contributed by atoms with E-state index in [1.807, 2.05) is 30.3 Å². The zero-order valence-electron chi connectivity index (χ0n) is 10.4. The third-order valence-electron chi connectivity index (χ3n) is 2.46. The minimum absolute atomic E-state index is 0.141. The maximum atomic E-state index is 11.7. The molecule has 0 heterocycles. The molecule has 0 aliphatic carbocycles. The first-order valence-electron chi connectivity index (χ1n) is 5.99. The summed E-state index contributed by atoms with van der Waals surface area (Å²) < 4.78 is 10.3. The second kappa shape index (κ2) is 8.90. The summed E-state index contributed by atoms with van der Waals surface area (Å²) in [5.41, 5.74) is 0.760. The first-order valence-corrected chi connectivity index (χ1v) is 5.99. The summed E-state index contributed by atoms with van der Waals surface area (Å²) in [4.78, 5) is 11.7. The number of hydrogen-bond donors (Lipinski definition) is 0. The molecule has 0 spiro atoms. The molecule has 3 nitrogen and oxygen atoms in total. The average molecular weight is 236 g/mol. The van der Waals surface area contributed by atoms with Crippen LogP contribution in [-0.2, 0) is 9.47 Å². The van der Waals surface area contributed by atoms with Crippen molar-refractivity contribution in [2.24, 2.45) is 0 Å². The predicted molar refractivity (Wildman–Crippen MR) is 67.3 cm³/mol. The lowest BCUT2D eigenvalue weighted by Gasteiger charge is -2.03. The summed E-state index contributed by atoms with van der Waals surface area (Å²) in [6.45, 7) is 1.97. The van der Waals surface area contributed by atoms with Gasteiger partial charge in [0.15, 0.2) is 5.78 Å². The summed E-state index contributed by atoms with van der Waals surface area (Å²) in [6.07, 6.45) is 2.44. The summed E-state index contributed by atoms with van der Waals surface area (Å²) in [5, 5.41) is 0. The van der Waals surface area contributed by atoms with Crippen LogP contribution >= 0.6 is 0 Å². The molecule has 0 saturated heterocycles. The molecule has 0 saturated carbocycles. The molecule has 0 N–H and O–H groups in total. The molecule has 17 heavy (non-hydrogen) atoms. The maximum Gasteiger partial charge on any atom is 0.165 e. The summed E-state index contributed by atoms with van der Waals surface area (Å²) in [7, 11) is 1.69. The van der Waals surface area contributed by atoms with Gasteiger partial charge in [0.25, 0.3) is 0 Å². The predicted octanol–water partition coefficient (Wildman–Crippen LogP) is 2.70. The standard InChI is InChI=1S/C14H20O3/c1-16-10-5-6-11-17-12-9-14(15)13-7-3-2-4-8-13/h2-4,7-8H,5-6,9-12H2,1H3. The molecule has 0 aromatic heterocycles. The van der Waals surface area contributed by atoms with Crippen molar-refractivity contribution in [1.82, 2.24) is 0 Å². The monoisotopic (exact) mass is 236 g/mol. The largest absolute Gasteiger partial charge is 0.385 e. The Bertz CT molecular complexity index is 309. The van der Waals surface area contributed by atoms with E-state index in [0.29, 0.717) is 19.6 Å². The van der Waals surface area contributed by atoms with Crippen LogP contribution in [0.25, 0.3) is 0 Å². The van der Waals surface area contributed by atoms with Crippen LogP contribution in [0.3, 0.4) is 0 Å². The lowest BCUT2D eigenvalue weighted by Crippen LogP contribution is -2.05. The SMILES string of the molecule is COCCCCOCCC(=O)c1ccccc1. The van der Waals surface area contributed by atoms with Gasteiger partial charge in [-0.25, -0.2) is 0 Å². The van der Waals surface area contributed by atoms with Crippen molar-refractivity contribution >= 4 is 5.78 Å². The van der Waals surface area contributed by atoms with Gasteiger partial charge in [-0.05, 0) is 12.8 Å². The lowest BCUT2D eigenvalue weighted by atomic mass is 10.1.